The van der Waals surface area contributed by atoms with Crippen molar-refractivity contribution >= 4 is 34.8 Å². The van der Waals surface area contributed by atoms with Gasteiger partial charge in [0.25, 0.3) is 0 Å². The number of anilines is 3. The molecule has 0 bridgehead atoms. The number of hydrogen-bond acceptors (Lipinski definition) is 5. The Labute approximate surface area is 170 Å². The van der Waals surface area contributed by atoms with Gasteiger partial charge in [0.2, 0.25) is 11.8 Å². The molecule has 1 fully saturated rings. The first-order valence-electron chi connectivity index (χ1n) is 9.69. The Bertz CT molecular complexity index is 874. The van der Waals surface area contributed by atoms with Crippen LogP contribution in [0.1, 0.15) is 36.0 Å². The fourth-order valence-electron chi connectivity index (χ4n) is 3.33. The number of carbonyl (C=O) groups excluding carboxylic acids is 3. The number of nitrogens with zero attached hydrogens (tertiary/aromatic N) is 1. The zero-order valence-electron chi connectivity index (χ0n) is 16.4. The highest BCUT2D eigenvalue weighted by atomic mass is 16.5. The van der Waals surface area contributed by atoms with Gasteiger partial charge in [-0.25, -0.2) is 4.79 Å². The Morgan fingerprint density at radius 2 is 1.55 bits per heavy atom. The lowest BCUT2D eigenvalue weighted by Gasteiger charge is -2.28. The Kier molecular flexibility index (Phi) is 6.84. The van der Waals surface area contributed by atoms with Gasteiger partial charge in [0.1, 0.15) is 6.42 Å². The number of nitrogens with one attached hydrogen (secondary N) is 2. The average Bonchev–Trinajstić information content (AvgIpc) is 2.74. The molecule has 0 aromatic heterocycles. The molecule has 0 spiro atoms. The number of piperidine rings is 1. The maximum absolute atomic E-state index is 12.2. The number of carbonyl (C=O) groups is 3. The number of amides is 2. The molecule has 7 nitrogen and oxygen atoms in total. The van der Waals surface area contributed by atoms with Crippen molar-refractivity contribution in [1.82, 2.24) is 0 Å². The molecule has 3 rings (SSSR count). The van der Waals surface area contributed by atoms with Gasteiger partial charge in [-0.2, -0.15) is 0 Å². The van der Waals surface area contributed by atoms with Gasteiger partial charge in [-0.1, -0.05) is 12.1 Å². The van der Waals surface area contributed by atoms with E-state index < -0.39 is 17.8 Å². The van der Waals surface area contributed by atoms with E-state index in [1.165, 1.54) is 26.4 Å². The minimum atomic E-state index is -0.556. The van der Waals surface area contributed by atoms with E-state index in [9.17, 15) is 14.4 Å². The largest absolute Gasteiger partial charge is 0.465 e. The molecule has 7 heteroatoms. The van der Waals surface area contributed by atoms with E-state index in [4.69, 9.17) is 4.74 Å². The number of methoxy groups -OCH3 is 1. The smallest absolute Gasteiger partial charge is 0.339 e. The van der Waals surface area contributed by atoms with Crippen LogP contribution < -0.4 is 15.5 Å². The SMILES string of the molecule is COC(=O)c1ccccc1NC(=O)CC(=O)Nc1ccc(N2CCCCC2)cc1. The molecule has 1 aliphatic rings. The highest BCUT2D eigenvalue weighted by Gasteiger charge is 2.16. The fourth-order valence-corrected chi connectivity index (χ4v) is 3.33. The van der Waals surface area contributed by atoms with E-state index in [0.29, 0.717) is 11.4 Å². The average molecular weight is 395 g/mol. The molecule has 0 unspecified atom stereocenters. The minimum absolute atomic E-state index is 0.233. The third kappa shape index (κ3) is 5.57. The van der Waals surface area contributed by atoms with E-state index in [1.807, 2.05) is 24.3 Å². The summed E-state index contributed by atoms with van der Waals surface area (Å²) in [7, 11) is 1.27. The molecule has 1 aliphatic heterocycles. The quantitative estimate of drug-likeness (QED) is 0.578. The number of para-hydroxylation sites is 1. The van der Waals surface area contributed by atoms with E-state index in [2.05, 4.69) is 15.5 Å². The Balaban J connectivity index is 1.54. The highest BCUT2D eigenvalue weighted by Crippen LogP contribution is 2.22. The summed E-state index contributed by atoms with van der Waals surface area (Å²) in [5, 5.41) is 5.31. The molecule has 0 aliphatic carbocycles. The van der Waals surface area contributed by atoms with Crippen LogP contribution in [-0.2, 0) is 14.3 Å². The second-order valence-corrected chi connectivity index (χ2v) is 6.90. The summed E-state index contributed by atoms with van der Waals surface area (Å²) in [6.45, 7) is 2.11. The first-order chi connectivity index (χ1) is 14.1. The number of benzene rings is 2. The standard InChI is InChI=1S/C22H25N3O4/c1-29-22(28)18-7-3-4-8-19(18)24-21(27)15-20(26)23-16-9-11-17(12-10-16)25-13-5-2-6-14-25/h3-4,7-12H,2,5-6,13-15H2,1H3,(H,23,26)(H,24,27). The Morgan fingerprint density at radius 1 is 0.897 bits per heavy atom. The molecule has 152 valence electrons. The molecule has 2 N–H and O–H groups in total. The second kappa shape index (κ2) is 9.73. The van der Waals surface area contributed by atoms with Gasteiger partial charge in [-0.3, -0.25) is 9.59 Å². The van der Waals surface area contributed by atoms with Crippen molar-refractivity contribution in [3.63, 3.8) is 0 Å². The first-order valence-corrected chi connectivity index (χ1v) is 9.69. The number of esters is 1. The topological polar surface area (TPSA) is 87.7 Å². The lowest BCUT2D eigenvalue weighted by Crippen LogP contribution is -2.29. The third-order valence-corrected chi connectivity index (χ3v) is 4.80. The van der Waals surface area contributed by atoms with Gasteiger partial charge < -0.3 is 20.3 Å². The number of ether oxygens (including phenoxy) is 1. The molecular weight excluding hydrogens is 370 g/mol. The summed E-state index contributed by atoms with van der Waals surface area (Å²) < 4.78 is 4.70. The monoisotopic (exact) mass is 395 g/mol. The van der Waals surface area contributed by atoms with Crippen LogP contribution in [0.5, 0.6) is 0 Å². The van der Waals surface area contributed by atoms with Gasteiger partial charge in [-0.15, -0.1) is 0 Å². The molecule has 2 aromatic carbocycles. The summed E-state index contributed by atoms with van der Waals surface area (Å²) in [5.41, 5.74) is 2.32. The van der Waals surface area contributed by atoms with Crippen molar-refractivity contribution in [2.24, 2.45) is 0 Å². The molecule has 0 radical (unpaired) electrons. The number of hydrogen-bond donors (Lipinski definition) is 2. The zero-order valence-corrected chi connectivity index (χ0v) is 16.4. The van der Waals surface area contributed by atoms with Crippen molar-refractivity contribution in [1.29, 1.82) is 0 Å². The molecule has 2 aromatic rings. The molecule has 1 heterocycles. The van der Waals surface area contributed by atoms with Crippen LogP contribution >= 0.6 is 0 Å². The van der Waals surface area contributed by atoms with Gasteiger partial charge >= 0.3 is 5.97 Å². The van der Waals surface area contributed by atoms with Crippen LogP contribution in [0, 0.1) is 0 Å². The lowest BCUT2D eigenvalue weighted by atomic mass is 10.1. The van der Waals surface area contributed by atoms with Gasteiger partial charge in [0.05, 0.1) is 18.4 Å². The van der Waals surface area contributed by atoms with Crippen LogP contribution in [0.25, 0.3) is 0 Å². The van der Waals surface area contributed by atoms with Crippen molar-refractivity contribution in [3.8, 4) is 0 Å². The summed E-state index contributed by atoms with van der Waals surface area (Å²) in [4.78, 5) is 38.5. The molecule has 2 amide bonds. The van der Waals surface area contributed by atoms with Crippen molar-refractivity contribution in [3.05, 3.63) is 54.1 Å². The zero-order chi connectivity index (χ0) is 20.6. The van der Waals surface area contributed by atoms with Crippen molar-refractivity contribution in [2.45, 2.75) is 25.7 Å². The van der Waals surface area contributed by atoms with Crippen LogP contribution in [0.15, 0.2) is 48.5 Å². The Hall–Kier alpha value is -3.35. The summed E-state index contributed by atoms with van der Waals surface area (Å²) >= 11 is 0. The Morgan fingerprint density at radius 3 is 2.24 bits per heavy atom. The molecule has 0 atom stereocenters. The molecule has 0 saturated carbocycles. The van der Waals surface area contributed by atoms with Crippen molar-refractivity contribution < 1.29 is 19.1 Å². The van der Waals surface area contributed by atoms with Crippen LogP contribution in [0.2, 0.25) is 0 Å². The maximum atomic E-state index is 12.2. The van der Waals surface area contributed by atoms with E-state index in [-0.39, 0.29) is 12.0 Å². The summed E-state index contributed by atoms with van der Waals surface area (Å²) in [6.07, 6.45) is 3.32. The lowest BCUT2D eigenvalue weighted by molar-refractivity contribution is -0.123. The predicted octanol–water partition coefficient (Wildman–Crippen LogP) is 3.43. The molecule has 29 heavy (non-hydrogen) atoms. The number of rotatable bonds is 6. The van der Waals surface area contributed by atoms with Crippen LogP contribution in [-0.4, -0.2) is 38.0 Å². The summed E-state index contributed by atoms with van der Waals surface area (Å²) in [6, 6.07) is 14.1. The predicted molar refractivity (Wildman–Crippen MR) is 112 cm³/mol. The van der Waals surface area contributed by atoms with Gasteiger partial charge in [0.15, 0.2) is 0 Å². The molecule has 1 saturated heterocycles. The third-order valence-electron chi connectivity index (χ3n) is 4.80. The molecular formula is C22H25N3O4. The van der Waals surface area contributed by atoms with Gasteiger partial charge in [0, 0.05) is 24.5 Å². The second-order valence-electron chi connectivity index (χ2n) is 6.90. The highest BCUT2D eigenvalue weighted by molar-refractivity contribution is 6.10. The van der Waals surface area contributed by atoms with Crippen LogP contribution in [0.4, 0.5) is 17.1 Å². The summed E-state index contributed by atoms with van der Waals surface area (Å²) in [5.74, 6) is -1.49. The normalized spacial score (nSPS) is 13.5. The van der Waals surface area contributed by atoms with E-state index in [1.54, 1.807) is 24.3 Å². The van der Waals surface area contributed by atoms with Gasteiger partial charge in [-0.05, 0) is 55.7 Å². The van der Waals surface area contributed by atoms with E-state index >= 15 is 0 Å². The van der Waals surface area contributed by atoms with Crippen LogP contribution in [0.3, 0.4) is 0 Å². The van der Waals surface area contributed by atoms with Crippen molar-refractivity contribution in [2.75, 3.05) is 35.7 Å². The maximum Gasteiger partial charge on any atom is 0.339 e. The van der Waals surface area contributed by atoms with E-state index in [0.717, 1.165) is 18.8 Å². The fraction of sp³-hybridized carbons (Fsp3) is 0.318. The minimum Gasteiger partial charge on any atom is -0.465 e. The first kappa shape index (κ1) is 20.4.